The molecule has 140 valence electrons. The van der Waals surface area contributed by atoms with Crippen LogP contribution in [0.15, 0.2) is 30.3 Å². The molecule has 0 amide bonds. The van der Waals surface area contributed by atoms with Crippen molar-refractivity contribution in [3.05, 3.63) is 36.0 Å². The summed E-state index contributed by atoms with van der Waals surface area (Å²) in [4.78, 5) is 36.5. The molecule has 26 heavy (non-hydrogen) atoms. The van der Waals surface area contributed by atoms with E-state index < -0.39 is 27.8 Å². The van der Waals surface area contributed by atoms with Crippen molar-refractivity contribution in [1.29, 1.82) is 0 Å². The molecular formula is C18H19Cl2NO5. The third kappa shape index (κ3) is 3.92. The van der Waals surface area contributed by atoms with E-state index in [0.29, 0.717) is 11.2 Å². The van der Waals surface area contributed by atoms with Gasteiger partial charge in [0.05, 0.1) is 5.52 Å². The van der Waals surface area contributed by atoms with Gasteiger partial charge in [0.2, 0.25) is 5.60 Å². The fourth-order valence-electron chi connectivity index (χ4n) is 2.57. The second-order valence-electron chi connectivity index (χ2n) is 6.77. The fraction of sp³-hybridized carbons (Fsp3) is 0.389. The highest BCUT2D eigenvalue weighted by atomic mass is 35.5. The summed E-state index contributed by atoms with van der Waals surface area (Å²) in [6.07, 6.45) is -0.968. The summed E-state index contributed by atoms with van der Waals surface area (Å²) in [7, 11) is 1.15. The van der Waals surface area contributed by atoms with E-state index in [1.165, 1.54) is 4.57 Å². The normalized spacial score (nSPS) is 12.2. The van der Waals surface area contributed by atoms with Crippen molar-refractivity contribution >= 4 is 50.7 Å². The average Bonchev–Trinajstić information content (AvgIpc) is 2.88. The molecule has 0 N–H and O–H groups in total. The van der Waals surface area contributed by atoms with Gasteiger partial charge in [0.1, 0.15) is 5.60 Å². The molecule has 0 atom stereocenters. The van der Waals surface area contributed by atoms with Crippen LogP contribution in [0.4, 0.5) is 4.79 Å². The number of benzene rings is 1. The van der Waals surface area contributed by atoms with Gasteiger partial charge in [0.15, 0.2) is 0 Å². The van der Waals surface area contributed by atoms with Gasteiger partial charge >= 0.3 is 6.09 Å². The number of ether oxygens (including phenoxy) is 2. The van der Waals surface area contributed by atoms with Gasteiger partial charge in [0.25, 0.3) is 10.5 Å². The Hall–Kier alpha value is -1.89. The average molecular weight is 400 g/mol. The molecule has 0 unspecified atom stereocenters. The van der Waals surface area contributed by atoms with Gasteiger partial charge in [-0.05, 0) is 56.1 Å². The van der Waals surface area contributed by atoms with Crippen molar-refractivity contribution in [2.75, 3.05) is 7.11 Å². The van der Waals surface area contributed by atoms with E-state index in [0.717, 1.165) is 12.5 Å². The maximum absolute atomic E-state index is 12.7. The van der Waals surface area contributed by atoms with E-state index in [4.69, 9.17) is 32.7 Å². The predicted octanol–water partition coefficient (Wildman–Crippen LogP) is 3.88. The maximum atomic E-state index is 12.7. The Balaban J connectivity index is 2.63. The molecule has 0 aliphatic carbocycles. The third-order valence-corrected chi connectivity index (χ3v) is 4.39. The van der Waals surface area contributed by atoms with Crippen LogP contribution < -0.4 is 0 Å². The number of nitrogens with zero attached hydrogens (tertiary/aromatic N) is 1. The van der Waals surface area contributed by atoms with Crippen LogP contribution in [0.3, 0.4) is 0 Å². The Bertz CT molecular complexity index is 852. The minimum absolute atomic E-state index is 0.310. The standard InChI is InChI=1S/C18H19Cl2NO5/c1-17(2,3)26-16(24)21-12(9-11-7-5-6-8-13(11)21)10-18(25-4,14(19)22)15(20)23/h5-9H,10H2,1-4H3. The predicted molar refractivity (Wildman–Crippen MR) is 98.7 cm³/mol. The number of hydrogen-bond donors (Lipinski definition) is 0. The van der Waals surface area contributed by atoms with Crippen LogP contribution in [0.2, 0.25) is 0 Å². The first-order chi connectivity index (χ1) is 12.0. The molecule has 0 saturated carbocycles. The number of methoxy groups -OCH3 is 1. The molecule has 8 heteroatoms. The monoisotopic (exact) mass is 399 g/mol. The van der Waals surface area contributed by atoms with E-state index in [1.807, 2.05) is 0 Å². The number of carbonyl (C=O) groups excluding carboxylic acids is 3. The highest BCUT2D eigenvalue weighted by Gasteiger charge is 2.46. The SMILES string of the molecule is COC(Cc1cc2ccccc2n1C(=O)OC(C)(C)C)(C(=O)Cl)C(=O)Cl. The van der Waals surface area contributed by atoms with Gasteiger partial charge in [-0.15, -0.1) is 0 Å². The first kappa shape index (κ1) is 20.4. The summed E-state index contributed by atoms with van der Waals surface area (Å²) in [5.41, 5.74) is -1.96. The molecule has 0 aliphatic rings. The van der Waals surface area contributed by atoms with Gasteiger partial charge in [-0.3, -0.25) is 9.59 Å². The third-order valence-electron chi connectivity index (χ3n) is 3.78. The highest BCUT2D eigenvalue weighted by molar-refractivity contribution is 6.76. The number of rotatable bonds is 5. The highest BCUT2D eigenvalue weighted by Crippen LogP contribution is 2.29. The topological polar surface area (TPSA) is 74.6 Å². The Morgan fingerprint density at radius 2 is 1.65 bits per heavy atom. The summed E-state index contributed by atoms with van der Waals surface area (Å²) in [6, 6.07) is 8.73. The van der Waals surface area contributed by atoms with Gasteiger partial charge in [-0.1, -0.05) is 18.2 Å². The van der Waals surface area contributed by atoms with Crippen molar-refractivity contribution in [3.63, 3.8) is 0 Å². The molecule has 1 aromatic heterocycles. The first-order valence-corrected chi connectivity index (χ1v) is 8.55. The van der Waals surface area contributed by atoms with Crippen LogP contribution in [0.5, 0.6) is 0 Å². The van der Waals surface area contributed by atoms with Crippen LogP contribution in [0.25, 0.3) is 10.9 Å². The number of hydrogen-bond acceptors (Lipinski definition) is 5. The van der Waals surface area contributed by atoms with Crippen molar-refractivity contribution < 1.29 is 23.9 Å². The summed E-state index contributed by atoms with van der Waals surface area (Å²) >= 11 is 11.2. The van der Waals surface area contributed by atoms with Crippen LogP contribution in [0.1, 0.15) is 26.5 Å². The largest absolute Gasteiger partial charge is 0.443 e. The minimum atomic E-state index is -2.10. The van der Waals surface area contributed by atoms with Crippen molar-refractivity contribution in [2.24, 2.45) is 0 Å². The van der Waals surface area contributed by atoms with Crippen molar-refractivity contribution in [2.45, 2.75) is 38.4 Å². The Labute approximate surface area is 160 Å². The molecule has 0 fully saturated rings. The number of fused-ring (bicyclic) bond motifs is 1. The van der Waals surface area contributed by atoms with Gasteiger partial charge in [0, 0.05) is 24.6 Å². The molecule has 2 aromatic rings. The molecular weight excluding hydrogens is 381 g/mol. The lowest BCUT2D eigenvalue weighted by Gasteiger charge is -2.25. The summed E-state index contributed by atoms with van der Waals surface area (Å²) < 4.78 is 11.8. The molecule has 6 nitrogen and oxygen atoms in total. The zero-order valence-corrected chi connectivity index (χ0v) is 16.4. The smallest absolute Gasteiger partial charge is 0.419 e. The molecule has 0 spiro atoms. The van der Waals surface area contributed by atoms with Gasteiger partial charge in [-0.2, -0.15) is 0 Å². The van der Waals surface area contributed by atoms with Gasteiger partial charge in [-0.25, -0.2) is 9.36 Å². The summed E-state index contributed by atoms with van der Waals surface area (Å²) in [5, 5.41) is -1.41. The van der Waals surface area contributed by atoms with E-state index in [2.05, 4.69) is 0 Å². The molecule has 2 rings (SSSR count). The zero-order chi connectivity index (χ0) is 19.7. The second kappa shape index (κ2) is 7.39. The minimum Gasteiger partial charge on any atom is -0.443 e. The lowest BCUT2D eigenvalue weighted by atomic mass is 10.0. The van der Waals surface area contributed by atoms with E-state index >= 15 is 0 Å². The lowest BCUT2D eigenvalue weighted by molar-refractivity contribution is -0.144. The number of halogens is 2. The fourth-order valence-corrected chi connectivity index (χ4v) is 3.08. The number of carbonyl (C=O) groups is 3. The van der Waals surface area contributed by atoms with Gasteiger partial charge < -0.3 is 9.47 Å². The van der Waals surface area contributed by atoms with Crippen LogP contribution in [-0.4, -0.2) is 39.5 Å². The van der Waals surface area contributed by atoms with E-state index in [-0.39, 0.29) is 6.42 Å². The Morgan fingerprint density at radius 3 is 2.15 bits per heavy atom. The van der Waals surface area contributed by atoms with Crippen molar-refractivity contribution in [3.8, 4) is 0 Å². The summed E-state index contributed by atoms with van der Waals surface area (Å²) in [5.74, 6) is 0. The number of para-hydroxylation sites is 1. The lowest BCUT2D eigenvalue weighted by Crippen LogP contribution is -2.46. The van der Waals surface area contributed by atoms with Crippen LogP contribution in [0, 0.1) is 0 Å². The van der Waals surface area contributed by atoms with Crippen LogP contribution in [-0.2, 0) is 25.5 Å². The molecule has 0 bridgehead atoms. The zero-order valence-electron chi connectivity index (χ0n) is 14.8. The van der Waals surface area contributed by atoms with Crippen molar-refractivity contribution in [1.82, 2.24) is 4.57 Å². The molecule has 1 aromatic carbocycles. The maximum Gasteiger partial charge on any atom is 0.419 e. The van der Waals surface area contributed by atoms with E-state index in [1.54, 1.807) is 51.1 Å². The summed E-state index contributed by atoms with van der Waals surface area (Å²) in [6.45, 7) is 5.21. The quantitative estimate of drug-likeness (QED) is 0.563. The Kier molecular flexibility index (Phi) is 5.80. The number of aromatic nitrogens is 1. The van der Waals surface area contributed by atoms with E-state index in [9.17, 15) is 14.4 Å². The molecule has 0 aliphatic heterocycles. The second-order valence-corrected chi connectivity index (χ2v) is 7.45. The Morgan fingerprint density at radius 1 is 1.08 bits per heavy atom. The van der Waals surface area contributed by atoms with Crippen LogP contribution >= 0.6 is 23.2 Å². The first-order valence-electron chi connectivity index (χ1n) is 7.79. The molecule has 0 saturated heterocycles. The molecule has 0 radical (unpaired) electrons. The molecule has 1 heterocycles.